The van der Waals surface area contributed by atoms with Gasteiger partial charge in [-0.15, -0.1) is 10.2 Å². The Morgan fingerprint density at radius 3 is 2.23 bits per heavy atom. The number of hydrogen-bond acceptors (Lipinski definition) is 5. The maximum atomic E-state index is 12.7. The highest BCUT2D eigenvalue weighted by Crippen LogP contribution is 2.38. The van der Waals surface area contributed by atoms with Crippen LogP contribution >= 0.6 is 11.8 Å². The van der Waals surface area contributed by atoms with Crippen LogP contribution in [0.4, 0.5) is 0 Å². The number of benzene rings is 3. The second-order valence-electron chi connectivity index (χ2n) is 12.6. The molecule has 1 amide bonds. The lowest BCUT2D eigenvalue weighted by atomic mass is 9.76. The number of carbonyl (C=O) groups is 1. The van der Waals surface area contributed by atoms with Gasteiger partial charge in [0.1, 0.15) is 5.75 Å². The lowest BCUT2D eigenvalue weighted by Crippen LogP contribution is -2.26. The largest absolute Gasteiger partial charge is 0.493 e. The van der Waals surface area contributed by atoms with Gasteiger partial charge in [0.05, 0.1) is 18.9 Å². The van der Waals surface area contributed by atoms with Gasteiger partial charge in [-0.2, -0.15) is 0 Å². The van der Waals surface area contributed by atoms with Crippen molar-refractivity contribution >= 4 is 17.7 Å². The van der Waals surface area contributed by atoms with Gasteiger partial charge in [0.2, 0.25) is 5.91 Å². The third kappa shape index (κ3) is 8.75. The second kappa shape index (κ2) is 15.4. The standard InChI is InChI=1S/C37H48N4O2S/c1-7-36(3,4)30-21-22-32(31(25-30)37(5,6)8-2)43-24-16-15-23-38-33(42)27-44-35-40-39-34(29-19-13-10-14-20-29)41(35)26-28-17-11-9-12-18-28/h9-14,17-22,25H,7-8,15-16,23-24,26-27H2,1-6H3,(H,38,42). The Balaban J connectivity index is 1.27. The smallest absolute Gasteiger partial charge is 0.230 e. The van der Waals surface area contributed by atoms with Gasteiger partial charge in [-0.3, -0.25) is 9.36 Å². The van der Waals surface area contributed by atoms with Crippen molar-refractivity contribution in [1.29, 1.82) is 0 Å². The number of amides is 1. The molecule has 4 aromatic rings. The van der Waals surface area contributed by atoms with Crippen molar-refractivity contribution < 1.29 is 9.53 Å². The maximum absolute atomic E-state index is 12.7. The Hall–Kier alpha value is -3.58. The van der Waals surface area contributed by atoms with Gasteiger partial charge in [0, 0.05) is 17.7 Å². The quantitative estimate of drug-likeness (QED) is 0.102. The number of carbonyl (C=O) groups excluding carboxylic acids is 1. The van der Waals surface area contributed by atoms with Crippen molar-refractivity contribution in [2.75, 3.05) is 18.9 Å². The zero-order chi connectivity index (χ0) is 31.6. The third-order valence-corrected chi connectivity index (χ3v) is 9.64. The molecule has 234 valence electrons. The SMILES string of the molecule is CCC(C)(C)c1ccc(OCCCCNC(=O)CSc2nnc(-c3ccccc3)n2Cc2ccccc2)c(C(C)(C)CC)c1. The molecule has 1 heterocycles. The second-order valence-corrected chi connectivity index (χ2v) is 13.6. The van der Waals surface area contributed by atoms with E-state index >= 15 is 0 Å². The number of unbranched alkanes of at least 4 members (excludes halogenated alkanes) is 1. The predicted octanol–water partition coefficient (Wildman–Crippen LogP) is 8.44. The van der Waals surface area contributed by atoms with E-state index < -0.39 is 0 Å². The van der Waals surface area contributed by atoms with Crippen LogP contribution in [0.5, 0.6) is 5.75 Å². The molecule has 0 spiro atoms. The molecule has 0 fully saturated rings. The van der Waals surface area contributed by atoms with Gasteiger partial charge < -0.3 is 10.1 Å². The molecule has 0 aliphatic rings. The van der Waals surface area contributed by atoms with E-state index in [1.54, 1.807) is 0 Å². The molecule has 0 bridgehead atoms. The Bertz CT molecular complexity index is 1480. The fraction of sp³-hybridized carbons (Fsp3) is 0.432. The molecule has 4 rings (SSSR count). The normalized spacial score (nSPS) is 11.9. The Morgan fingerprint density at radius 2 is 1.55 bits per heavy atom. The van der Waals surface area contributed by atoms with Crippen LogP contribution < -0.4 is 10.1 Å². The van der Waals surface area contributed by atoms with Gasteiger partial charge in [0.25, 0.3) is 0 Å². The maximum Gasteiger partial charge on any atom is 0.230 e. The zero-order valence-electron chi connectivity index (χ0n) is 27.2. The molecule has 0 radical (unpaired) electrons. The lowest BCUT2D eigenvalue weighted by Gasteiger charge is -2.30. The molecule has 7 heteroatoms. The van der Waals surface area contributed by atoms with E-state index in [-0.39, 0.29) is 22.5 Å². The highest BCUT2D eigenvalue weighted by atomic mass is 32.2. The van der Waals surface area contributed by atoms with Crippen LogP contribution in [-0.4, -0.2) is 39.6 Å². The van der Waals surface area contributed by atoms with Crippen LogP contribution in [0, 0.1) is 0 Å². The minimum Gasteiger partial charge on any atom is -0.493 e. The summed E-state index contributed by atoms with van der Waals surface area (Å²) in [6.07, 6.45) is 3.85. The summed E-state index contributed by atoms with van der Waals surface area (Å²) < 4.78 is 8.39. The molecule has 0 saturated carbocycles. The molecule has 44 heavy (non-hydrogen) atoms. The van der Waals surface area contributed by atoms with Gasteiger partial charge in [-0.05, 0) is 53.7 Å². The average Bonchev–Trinajstić information content (AvgIpc) is 3.44. The first-order valence-electron chi connectivity index (χ1n) is 15.8. The van der Waals surface area contributed by atoms with Crippen molar-refractivity contribution in [3.05, 3.63) is 95.6 Å². The Labute approximate surface area is 268 Å². The fourth-order valence-electron chi connectivity index (χ4n) is 4.92. The molecule has 1 N–H and O–H groups in total. The minimum absolute atomic E-state index is 0.00690. The number of ether oxygens (including phenoxy) is 1. The number of hydrogen-bond donors (Lipinski definition) is 1. The average molecular weight is 613 g/mol. The molecule has 0 unspecified atom stereocenters. The number of aromatic nitrogens is 3. The van der Waals surface area contributed by atoms with Crippen LogP contribution in [0.2, 0.25) is 0 Å². The van der Waals surface area contributed by atoms with Crippen LogP contribution in [0.15, 0.2) is 84.0 Å². The summed E-state index contributed by atoms with van der Waals surface area (Å²) >= 11 is 1.42. The van der Waals surface area contributed by atoms with Crippen molar-refractivity contribution in [1.82, 2.24) is 20.1 Å². The summed E-state index contributed by atoms with van der Waals surface area (Å²) in [6.45, 7) is 15.5. The first-order valence-corrected chi connectivity index (χ1v) is 16.8. The van der Waals surface area contributed by atoms with E-state index in [0.717, 1.165) is 53.5 Å². The van der Waals surface area contributed by atoms with E-state index in [1.807, 2.05) is 48.5 Å². The predicted molar refractivity (Wildman–Crippen MR) is 183 cm³/mol. The summed E-state index contributed by atoms with van der Waals surface area (Å²) in [6, 6.07) is 27.0. The van der Waals surface area contributed by atoms with Gasteiger partial charge in [-0.1, -0.05) is 126 Å². The number of nitrogens with zero attached hydrogens (tertiary/aromatic N) is 3. The Morgan fingerprint density at radius 1 is 0.864 bits per heavy atom. The summed E-state index contributed by atoms with van der Waals surface area (Å²) in [5, 5.41) is 12.7. The summed E-state index contributed by atoms with van der Waals surface area (Å²) in [4.78, 5) is 12.7. The van der Waals surface area contributed by atoms with Gasteiger partial charge in [-0.25, -0.2) is 0 Å². The van der Waals surface area contributed by atoms with Crippen LogP contribution in [0.1, 0.15) is 83.9 Å². The van der Waals surface area contributed by atoms with E-state index in [0.29, 0.717) is 19.7 Å². The molecular formula is C37H48N4O2S. The fourth-order valence-corrected chi connectivity index (χ4v) is 5.69. The van der Waals surface area contributed by atoms with Crippen molar-refractivity contribution in [3.63, 3.8) is 0 Å². The number of rotatable bonds is 16. The molecule has 1 aromatic heterocycles. The topological polar surface area (TPSA) is 69.0 Å². The highest BCUT2D eigenvalue weighted by molar-refractivity contribution is 7.99. The molecule has 3 aromatic carbocycles. The van der Waals surface area contributed by atoms with E-state index in [2.05, 4.69) is 92.0 Å². The molecule has 0 aliphatic carbocycles. The molecule has 0 saturated heterocycles. The van der Waals surface area contributed by atoms with Gasteiger partial charge in [0.15, 0.2) is 11.0 Å². The minimum atomic E-state index is -0.00690. The monoisotopic (exact) mass is 612 g/mol. The third-order valence-electron chi connectivity index (χ3n) is 8.67. The summed E-state index contributed by atoms with van der Waals surface area (Å²) in [7, 11) is 0. The first-order chi connectivity index (χ1) is 21.1. The molecular weight excluding hydrogens is 565 g/mol. The van der Waals surface area contributed by atoms with Crippen molar-refractivity contribution in [2.24, 2.45) is 0 Å². The van der Waals surface area contributed by atoms with Crippen molar-refractivity contribution in [2.45, 2.75) is 89.8 Å². The number of nitrogens with one attached hydrogen (secondary N) is 1. The molecule has 0 atom stereocenters. The van der Waals surface area contributed by atoms with E-state index in [1.165, 1.54) is 22.9 Å². The summed E-state index contributed by atoms with van der Waals surface area (Å²) in [5.41, 5.74) is 4.97. The van der Waals surface area contributed by atoms with Crippen LogP contribution in [-0.2, 0) is 22.2 Å². The van der Waals surface area contributed by atoms with E-state index in [4.69, 9.17) is 4.74 Å². The van der Waals surface area contributed by atoms with Crippen LogP contribution in [0.3, 0.4) is 0 Å². The van der Waals surface area contributed by atoms with Crippen molar-refractivity contribution in [3.8, 4) is 17.1 Å². The molecule has 0 aliphatic heterocycles. The Kier molecular flexibility index (Phi) is 11.7. The zero-order valence-corrected chi connectivity index (χ0v) is 28.0. The molecule has 6 nitrogen and oxygen atoms in total. The van der Waals surface area contributed by atoms with Gasteiger partial charge >= 0.3 is 0 Å². The number of thioether (sulfide) groups is 1. The summed E-state index contributed by atoms with van der Waals surface area (Å²) in [5.74, 6) is 2.05. The van der Waals surface area contributed by atoms with E-state index in [9.17, 15) is 4.79 Å². The highest BCUT2D eigenvalue weighted by Gasteiger charge is 2.26. The lowest BCUT2D eigenvalue weighted by molar-refractivity contribution is -0.118. The first kappa shape index (κ1) is 33.3. The van der Waals surface area contributed by atoms with Crippen LogP contribution in [0.25, 0.3) is 11.4 Å².